The predicted molar refractivity (Wildman–Crippen MR) is 131 cm³/mol. The number of halogens is 1. The summed E-state index contributed by atoms with van der Waals surface area (Å²) in [5.41, 5.74) is 1.24. The van der Waals surface area contributed by atoms with E-state index in [0.29, 0.717) is 12.1 Å². The first-order valence-electron chi connectivity index (χ1n) is 10.4. The monoisotopic (exact) mass is 502 g/mol. The highest BCUT2D eigenvalue weighted by molar-refractivity contribution is 14.0. The van der Waals surface area contributed by atoms with Crippen molar-refractivity contribution >= 4 is 35.8 Å². The molecule has 28 heavy (non-hydrogen) atoms. The molecule has 2 rings (SSSR count). The molecule has 1 saturated heterocycles. The number of nitrogens with zero attached hydrogens (tertiary/aromatic N) is 4. The first kappa shape index (κ1) is 24.9. The van der Waals surface area contributed by atoms with E-state index in [1.807, 2.05) is 13.2 Å². The zero-order chi connectivity index (χ0) is 19.6. The molecule has 1 aliphatic heterocycles. The number of hydrogen-bond donors (Lipinski definition) is 2. The Morgan fingerprint density at radius 3 is 2.43 bits per heavy atom. The summed E-state index contributed by atoms with van der Waals surface area (Å²) in [6, 6.07) is 5.37. The van der Waals surface area contributed by atoms with E-state index in [9.17, 15) is 0 Å². The van der Waals surface area contributed by atoms with Crippen LogP contribution in [0.1, 0.15) is 52.5 Å². The molecule has 0 atom stereocenters. The summed E-state index contributed by atoms with van der Waals surface area (Å²) in [6.07, 6.45) is 5.79. The minimum atomic E-state index is 0. The maximum atomic E-state index is 4.56. The highest BCUT2D eigenvalue weighted by atomic mass is 127. The molecule has 0 radical (unpaired) electrons. The van der Waals surface area contributed by atoms with Gasteiger partial charge in [0.25, 0.3) is 0 Å². The van der Waals surface area contributed by atoms with Crippen LogP contribution in [-0.2, 0) is 6.54 Å². The van der Waals surface area contributed by atoms with Crippen LogP contribution in [0, 0.1) is 0 Å². The number of anilines is 1. The molecule has 0 spiro atoms. The smallest absolute Gasteiger partial charge is 0.191 e. The third kappa shape index (κ3) is 8.11. The summed E-state index contributed by atoms with van der Waals surface area (Å²) in [7, 11) is 1.82. The lowest BCUT2D eigenvalue weighted by Crippen LogP contribution is -2.45. The van der Waals surface area contributed by atoms with Gasteiger partial charge in [-0.3, -0.25) is 9.89 Å². The lowest BCUT2D eigenvalue weighted by atomic mass is 10.1. The van der Waals surface area contributed by atoms with Crippen LogP contribution >= 0.6 is 24.0 Å². The van der Waals surface area contributed by atoms with Gasteiger partial charge in [-0.2, -0.15) is 0 Å². The van der Waals surface area contributed by atoms with Crippen LogP contribution in [-0.4, -0.2) is 61.2 Å². The van der Waals surface area contributed by atoms with Crippen LogP contribution in [0.3, 0.4) is 0 Å². The number of rotatable bonds is 8. The quantitative estimate of drug-likeness (QED) is 0.324. The normalized spacial score (nSPS) is 15.1. The molecule has 0 aromatic carbocycles. The van der Waals surface area contributed by atoms with E-state index >= 15 is 0 Å². The zero-order valence-corrected chi connectivity index (χ0v) is 20.6. The fourth-order valence-electron chi connectivity index (χ4n) is 3.69. The average molecular weight is 502 g/mol. The molecule has 1 aromatic rings. The molecule has 1 aliphatic rings. The lowest BCUT2D eigenvalue weighted by Gasteiger charge is -2.30. The minimum absolute atomic E-state index is 0. The fourth-order valence-corrected chi connectivity index (χ4v) is 3.69. The van der Waals surface area contributed by atoms with E-state index in [1.54, 1.807) is 0 Å². The third-order valence-corrected chi connectivity index (χ3v) is 5.16. The van der Waals surface area contributed by atoms with Gasteiger partial charge in [-0.25, -0.2) is 4.98 Å². The molecule has 0 saturated carbocycles. The number of aliphatic imine (C=N–C) groups is 1. The van der Waals surface area contributed by atoms with Crippen molar-refractivity contribution in [1.29, 1.82) is 0 Å². The summed E-state index contributed by atoms with van der Waals surface area (Å²) >= 11 is 0. The van der Waals surface area contributed by atoms with Gasteiger partial charge in [0.2, 0.25) is 0 Å². The van der Waals surface area contributed by atoms with Gasteiger partial charge in [-0.05, 0) is 64.7 Å². The fraction of sp³-hybridized carbons (Fsp3) is 0.714. The molecule has 0 amide bonds. The number of piperidine rings is 1. The summed E-state index contributed by atoms with van der Waals surface area (Å²) in [6.45, 7) is 13.9. The summed E-state index contributed by atoms with van der Waals surface area (Å²) in [5, 5.41) is 6.85. The van der Waals surface area contributed by atoms with E-state index in [0.717, 1.165) is 44.5 Å². The molecule has 7 heteroatoms. The van der Waals surface area contributed by atoms with E-state index in [-0.39, 0.29) is 24.0 Å². The number of hydrogen-bond acceptors (Lipinski definition) is 4. The Hall–Kier alpha value is -1.09. The van der Waals surface area contributed by atoms with Crippen molar-refractivity contribution in [3.63, 3.8) is 0 Å². The number of nitrogens with one attached hydrogen (secondary N) is 2. The van der Waals surface area contributed by atoms with Gasteiger partial charge in [0, 0.05) is 58.1 Å². The standard InChI is InChI=1S/C21H38N6.HI/c1-17(2)27(18(3)4)14-11-24-21(22-5)25-16-19-9-10-23-20(15-19)26-12-7-6-8-13-26;/h9-10,15,17-18H,6-8,11-14,16H2,1-5H3,(H2,22,24,25);1H. The predicted octanol–water partition coefficient (Wildman–Crippen LogP) is 3.47. The van der Waals surface area contributed by atoms with E-state index < -0.39 is 0 Å². The Morgan fingerprint density at radius 1 is 1.14 bits per heavy atom. The Morgan fingerprint density at radius 2 is 1.82 bits per heavy atom. The van der Waals surface area contributed by atoms with Gasteiger partial charge in [0.1, 0.15) is 5.82 Å². The van der Waals surface area contributed by atoms with Gasteiger partial charge < -0.3 is 15.5 Å². The van der Waals surface area contributed by atoms with Crippen LogP contribution < -0.4 is 15.5 Å². The lowest BCUT2D eigenvalue weighted by molar-refractivity contribution is 0.178. The third-order valence-electron chi connectivity index (χ3n) is 5.16. The van der Waals surface area contributed by atoms with Crippen molar-refractivity contribution in [1.82, 2.24) is 20.5 Å². The largest absolute Gasteiger partial charge is 0.357 e. The van der Waals surface area contributed by atoms with Crippen molar-refractivity contribution in [2.75, 3.05) is 38.1 Å². The van der Waals surface area contributed by atoms with Crippen molar-refractivity contribution in [3.05, 3.63) is 23.9 Å². The first-order chi connectivity index (χ1) is 13.0. The van der Waals surface area contributed by atoms with Gasteiger partial charge >= 0.3 is 0 Å². The summed E-state index contributed by atoms with van der Waals surface area (Å²) in [5.74, 6) is 1.94. The molecule has 2 heterocycles. The second-order valence-corrected chi connectivity index (χ2v) is 7.85. The SMILES string of the molecule is CN=C(NCCN(C(C)C)C(C)C)NCc1ccnc(N2CCCCC2)c1.I. The van der Waals surface area contributed by atoms with Crippen molar-refractivity contribution in [2.24, 2.45) is 4.99 Å². The molecule has 1 fully saturated rings. The van der Waals surface area contributed by atoms with Gasteiger partial charge in [0.05, 0.1) is 0 Å². The molecule has 2 N–H and O–H groups in total. The highest BCUT2D eigenvalue weighted by Gasteiger charge is 2.13. The molecule has 0 bridgehead atoms. The highest BCUT2D eigenvalue weighted by Crippen LogP contribution is 2.18. The van der Waals surface area contributed by atoms with Crippen LogP contribution in [0.4, 0.5) is 5.82 Å². The van der Waals surface area contributed by atoms with Gasteiger partial charge in [0.15, 0.2) is 5.96 Å². The Labute approximate surface area is 188 Å². The Balaban J connectivity index is 0.00000392. The van der Waals surface area contributed by atoms with Crippen LogP contribution in [0.25, 0.3) is 0 Å². The van der Waals surface area contributed by atoms with Gasteiger partial charge in [-0.15, -0.1) is 24.0 Å². The Kier molecular flexibility index (Phi) is 11.8. The maximum absolute atomic E-state index is 4.56. The van der Waals surface area contributed by atoms with Crippen LogP contribution in [0.5, 0.6) is 0 Å². The Bertz CT molecular complexity index is 576. The van der Waals surface area contributed by atoms with Crippen molar-refractivity contribution in [3.8, 4) is 0 Å². The number of guanidine groups is 1. The van der Waals surface area contributed by atoms with Crippen molar-refractivity contribution < 1.29 is 0 Å². The number of aromatic nitrogens is 1. The molecule has 160 valence electrons. The second kappa shape index (κ2) is 13.2. The minimum Gasteiger partial charge on any atom is -0.357 e. The molecular weight excluding hydrogens is 463 g/mol. The second-order valence-electron chi connectivity index (χ2n) is 7.85. The van der Waals surface area contributed by atoms with Crippen LogP contribution in [0.15, 0.2) is 23.3 Å². The summed E-state index contributed by atoms with van der Waals surface area (Å²) < 4.78 is 0. The van der Waals surface area contributed by atoms with E-state index in [1.165, 1.54) is 24.8 Å². The van der Waals surface area contributed by atoms with E-state index in [4.69, 9.17) is 0 Å². The molecular formula is C21H39IN6. The topological polar surface area (TPSA) is 55.8 Å². The molecule has 6 nitrogen and oxygen atoms in total. The number of pyridine rings is 1. The maximum Gasteiger partial charge on any atom is 0.191 e. The first-order valence-corrected chi connectivity index (χ1v) is 10.4. The molecule has 0 unspecified atom stereocenters. The van der Waals surface area contributed by atoms with Crippen LogP contribution in [0.2, 0.25) is 0 Å². The molecule has 1 aromatic heterocycles. The average Bonchev–Trinajstić information content (AvgIpc) is 2.67. The van der Waals surface area contributed by atoms with E-state index in [2.05, 4.69) is 70.2 Å². The molecule has 0 aliphatic carbocycles. The summed E-state index contributed by atoms with van der Waals surface area (Å²) in [4.78, 5) is 13.8. The van der Waals surface area contributed by atoms with Gasteiger partial charge in [-0.1, -0.05) is 0 Å². The zero-order valence-electron chi connectivity index (χ0n) is 18.2. The van der Waals surface area contributed by atoms with Crippen molar-refractivity contribution in [2.45, 2.75) is 65.6 Å².